The van der Waals surface area contributed by atoms with E-state index < -0.39 is 11.2 Å². The zero-order valence-corrected chi connectivity index (χ0v) is 11.9. The summed E-state index contributed by atoms with van der Waals surface area (Å²) in [7, 11) is 1.62. The second-order valence-electron chi connectivity index (χ2n) is 5.84. The van der Waals surface area contributed by atoms with Crippen molar-refractivity contribution in [2.75, 3.05) is 20.3 Å². The molecule has 4 rings (SSSR count). The van der Waals surface area contributed by atoms with E-state index in [4.69, 9.17) is 18.9 Å². The van der Waals surface area contributed by atoms with Crippen LogP contribution in [0.3, 0.4) is 0 Å². The number of hydrogen-bond acceptors (Lipinski definition) is 5. The van der Waals surface area contributed by atoms with Gasteiger partial charge in [-0.05, 0) is 12.5 Å². The third-order valence-corrected chi connectivity index (χ3v) is 4.90. The average Bonchev–Trinajstić information content (AvgIpc) is 3.09. The number of methoxy groups -OCH3 is 1. The Morgan fingerprint density at radius 1 is 1.29 bits per heavy atom. The molecule has 0 bridgehead atoms. The predicted octanol–water partition coefficient (Wildman–Crippen LogP) is 2.14. The fraction of sp³-hybridized carbons (Fsp3) is 0.562. The van der Waals surface area contributed by atoms with Crippen LogP contribution in [0, 0.1) is 11.3 Å². The SMILES string of the molecule is COc1cccc2c1OC1CC3(CC[C@@]21C#N)OCCO3. The monoisotopic (exact) mass is 287 g/mol. The summed E-state index contributed by atoms with van der Waals surface area (Å²) in [5.41, 5.74) is 0.312. The maximum Gasteiger partial charge on any atom is 0.172 e. The molecule has 1 saturated heterocycles. The van der Waals surface area contributed by atoms with E-state index in [9.17, 15) is 5.26 Å². The highest BCUT2D eigenvalue weighted by molar-refractivity contribution is 5.57. The van der Waals surface area contributed by atoms with Gasteiger partial charge in [0.2, 0.25) is 0 Å². The Hall–Kier alpha value is -1.77. The third kappa shape index (κ3) is 1.63. The maximum absolute atomic E-state index is 9.84. The van der Waals surface area contributed by atoms with Crippen molar-refractivity contribution in [2.24, 2.45) is 0 Å². The molecule has 0 N–H and O–H groups in total. The molecular weight excluding hydrogens is 270 g/mol. The second kappa shape index (κ2) is 4.36. The normalized spacial score (nSPS) is 32.1. The summed E-state index contributed by atoms with van der Waals surface area (Å²) in [4.78, 5) is 0. The molecule has 0 amide bonds. The van der Waals surface area contributed by atoms with Crippen molar-refractivity contribution in [1.29, 1.82) is 5.26 Å². The lowest BCUT2D eigenvalue weighted by molar-refractivity contribution is -0.198. The first-order valence-corrected chi connectivity index (χ1v) is 7.26. The Balaban J connectivity index is 1.77. The van der Waals surface area contributed by atoms with E-state index >= 15 is 0 Å². The molecule has 1 aliphatic carbocycles. The van der Waals surface area contributed by atoms with E-state index in [0.717, 1.165) is 12.0 Å². The number of hydrogen-bond donors (Lipinski definition) is 0. The van der Waals surface area contributed by atoms with E-state index in [-0.39, 0.29) is 6.10 Å². The van der Waals surface area contributed by atoms with Gasteiger partial charge in [-0.1, -0.05) is 12.1 Å². The molecule has 2 heterocycles. The molecule has 5 nitrogen and oxygen atoms in total. The van der Waals surface area contributed by atoms with Crippen molar-refractivity contribution in [1.82, 2.24) is 0 Å². The van der Waals surface area contributed by atoms with Gasteiger partial charge < -0.3 is 18.9 Å². The lowest BCUT2D eigenvalue weighted by Gasteiger charge is -2.41. The average molecular weight is 287 g/mol. The zero-order valence-electron chi connectivity index (χ0n) is 11.9. The third-order valence-electron chi connectivity index (χ3n) is 4.90. The van der Waals surface area contributed by atoms with Gasteiger partial charge >= 0.3 is 0 Å². The van der Waals surface area contributed by atoms with E-state index in [1.54, 1.807) is 7.11 Å². The van der Waals surface area contributed by atoms with Gasteiger partial charge in [-0.3, -0.25) is 0 Å². The number of para-hydroxylation sites is 1. The molecule has 110 valence electrons. The lowest BCUT2D eigenvalue weighted by Crippen LogP contribution is -2.50. The second-order valence-corrected chi connectivity index (χ2v) is 5.84. The number of fused-ring (bicyclic) bond motifs is 3. The molecular formula is C16H17NO4. The van der Waals surface area contributed by atoms with Crippen molar-refractivity contribution in [3.05, 3.63) is 23.8 Å². The van der Waals surface area contributed by atoms with Crippen LogP contribution in [0.2, 0.25) is 0 Å². The van der Waals surface area contributed by atoms with Crippen molar-refractivity contribution in [3.63, 3.8) is 0 Å². The van der Waals surface area contributed by atoms with Gasteiger partial charge in [0.05, 0.1) is 26.4 Å². The molecule has 2 atom stereocenters. The first kappa shape index (κ1) is 12.9. The molecule has 1 aromatic rings. The van der Waals surface area contributed by atoms with E-state index in [0.29, 0.717) is 37.6 Å². The number of nitrogens with zero attached hydrogens (tertiary/aromatic N) is 1. The maximum atomic E-state index is 9.84. The van der Waals surface area contributed by atoms with E-state index in [1.165, 1.54) is 0 Å². The molecule has 2 fully saturated rings. The minimum atomic E-state index is -0.621. The Morgan fingerprint density at radius 3 is 2.81 bits per heavy atom. The summed E-state index contributed by atoms with van der Waals surface area (Å²) < 4.78 is 23.1. The van der Waals surface area contributed by atoms with Crippen LogP contribution >= 0.6 is 0 Å². The van der Waals surface area contributed by atoms with Gasteiger partial charge in [-0.25, -0.2) is 0 Å². The summed E-state index contributed by atoms with van der Waals surface area (Å²) in [6, 6.07) is 8.24. The van der Waals surface area contributed by atoms with Crippen LogP contribution < -0.4 is 9.47 Å². The number of ether oxygens (including phenoxy) is 4. The smallest absolute Gasteiger partial charge is 0.172 e. The molecule has 5 heteroatoms. The molecule has 0 radical (unpaired) electrons. The minimum absolute atomic E-state index is 0.249. The topological polar surface area (TPSA) is 60.7 Å². The largest absolute Gasteiger partial charge is 0.493 e. The highest BCUT2D eigenvalue weighted by Gasteiger charge is 2.59. The first-order chi connectivity index (χ1) is 10.2. The number of benzene rings is 1. The minimum Gasteiger partial charge on any atom is -0.493 e. The van der Waals surface area contributed by atoms with Gasteiger partial charge in [0.25, 0.3) is 0 Å². The summed E-state index contributed by atoms with van der Waals surface area (Å²) in [6.45, 7) is 1.23. The number of rotatable bonds is 1. The van der Waals surface area contributed by atoms with Crippen molar-refractivity contribution in [2.45, 2.75) is 36.6 Å². The molecule has 0 aromatic heterocycles. The fourth-order valence-electron chi connectivity index (χ4n) is 3.80. The summed E-state index contributed by atoms with van der Waals surface area (Å²) in [5.74, 6) is 0.806. The van der Waals surface area contributed by atoms with Gasteiger partial charge in [0, 0.05) is 18.4 Å². The Labute approximate surface area is 123 Å². The molecule has 2 aliphatic heterocycles. The first-order valence-electron chi connectivity index (χ1n) is 7.26. The van der Waals surface area contributed by atoms with E-state index in [2.05, 4.69) is 6.07 Å². The molecule has 3 aliphatic rings. The molecule has 1 saturated carbocycles. The highest BCUT2D eigenvalue weighted by atomic mass is 16.7. The van der Waals surface area contributed by atoms with Crippen molar-refractivity contribution < 1.29 is 18.9 Å². The van der Waals surface area contributed by atoms with Crippen LogP contribution in [-0.4, -0.2) is 32.2 Å². The van der Waals surface area contributed by atoms with Crippen LogP contribution in [0.5, 0.6) is 11.5 Å². The van der Waals surface area contributed by atoms with Gasteiger partial charge in [-0.15, -0.1) is 0 Å². The summed E-state index contributed by atoms with van der Waals surface area (Å²) in [5, 5.41) is 9.84. The van der Waals surface area contributed by atoms with Crippen LogP contribution in [0.15, 0.2) is 18.2 Å². The van der Waals surface area contributed by atoms with Gasteiger partial charge in [-0.2, -0.15) is 5.26 Å². The highest BCUT2D eigenvalue weighted by Crippen LogP contribution is 2.56. The van der Waals surface area contributed by atoms with Gasteiger partial charge in [0.1, 0.15) is 11.5 Å². The van der Waals surface area contributed by atoms with Crippen molar-refractivity contribution in [3.8, 4) is 17.6 Å². The molecule has 1 spiro atoms. The molecule has 1 unspecified atom stereocenters. The molecule has 1 aromatic carbocycles. The standard InChI is InChI=1S/C16H17NO4/c1-18-12-4-2-3-11-14(12)21-13-9-16(19-7-8-20-16)6-5-15(11,13)10-17/h2-4,13H,5-9H2,1H3/t13?,15-/m1/s1. The van der Waals surface area contributed by atoms with Crippen molar-refractivity contribution >= 4 is 0 Å². The Bertz CT molecular complexity index is 617. The lowest BCUT2D eigenvalue weighted by atomic mass is 9.68. The van der Waals surface area contributed by atoms with Crippen LogP contribution in [0.1, 0.15) is 24.8 Å². The summed E-state index contributed by atoms with van der Waals surface area (Å²) >= 11 is 0. The van der Waals surface area contributed by atoms with E-state index in [1.807, 2.05) is 18.2 Å². The predicted molar refractivity (Wildman–Crippen MR) is 73.2 cm³/mol. The fourth-order valence-corrected chi connectivity index (χ4v) is 3.80. The summed E-state index contributed by atoms with van der Waals surface area (Å²) in [6.07, 6.45) is 1.73. The van der Waals surface area contributed by atoms with Crippen LogP contribution in [0.4, 0.5) is 0 Å². The number of nitriles is 1. The Morgan fingerprint density at radius 2 is 2.10 bits per heavy atom. The zero-order chi connectivity index (χ0) is 14.5. The van der Waals surface area contributed by atoms with Crippen LogP contribution in [-0.2, 0) is 14.9 Å². The Kier molecular flexibility index (Phi) is 2.69. The quantitative estimate of drug-likeness (QED) is 0.792. The molecule has 21 heavy (non-hydrogen) atoms. The van der Waals surface area contributed by atoms with Crippen LogP contribution in [0.25, 0.3) is 0 Å². The van der Waals surface area contributed by atoms with Gasteiger partial charge in [0.15, 0.2) is 17.3 Å².